The number of anilines is 1. The molecule has 0 aliphatic carbocycles. The number of ether oxygens (including phenoxy) is 2. The minimum atomic E-state index is 0.0967. The molecule has 88 valence electrons. The van der Waals surface area contributed by atoms with Crippen molar-refractivity contribution >= 4 is 35.8 Å². The van der Waals surface area contributed by atoms with Crippen LogP contribution in [0.3, 0.4) is 0 Å². The third kappa shape index (κ3) is 2.73. The van der Waals surface area contributed by atoms with Gasteiger partial charge < -0.3 is 15.2 Å². The Morgan fingerprint density at radius 3 is 2.69 bits per heavy atom. The van der Waals surface area contributed by atoms with Gasteiger partial charge in [-0.15, -0.1) is 0 Å². The van der Waals surface area contributed by atoms with Gasteiger partial charge in [0, 0.05) is 5.75 Å². The van der Waals surface area contributed by atoms with Gasteiger partial charge in [-0.2, -0.15) is 17.6 Å². The monoisotopic (exact) mass is 259 g/mol. The third-order valence-corrected chi connectivity index (χ3v) is 2.43. The van der Waals surface area contributed by atoms with Crippen LogP contribution in [0.4, 0.5) is 5.95 Å². The molecule has 2 N–H and O–H groups in total. The number of hydrogen-bond donors (Lipinski definition) is 2. The summed E-state index contributed by atoms with van der Waals surface area (Å²) in [5.74, 6) is 0.866. The molecular weight excluding hydrogens is 246 g/mol. The normalized spacial score (nSPS) is 9.94. The van der Waals surface area contributed by atoms with E-state index in [0.29, 0.717) is 29.5 Å². The molecule has 0 aromatic carbocycles. The summed E-state index contributed by atoms with van der Waals surface area (Å²) in [7, 11) is 1.50. The minimum Gasteiger partial charge on any atom is -0.482 e. The van der Waals surface area contributed by atoms with Gasteiger partial charge in [0.1, 0.15) is 5.69 Å². The second-order valence-corrected chi connectivity index (χ2v) is 3.48. The average Bonchev–Trinajstić information content (AvgIpc) is 2.28. The van der Waals surface area contributed by atoms with E-state index >= 15 is 0 Å². The van der Waals surface area contributed by atoms with Gasteiger partial charge in [0.05, 0.1) is 19.3 Å². The van der Waals surface area contributed by atoms with E-state index in [1.165, 1.54) is 7.11 Å². The number of thiol groups is 1. The highest BCUT2D eigenvalue weighted by Gasteiger charge is 2.17. The zero-order valence-electron chi connectivity index (χ0n) is 9.06. The molecule has 0 aliphatic heterocycles. The first kappa shape index (κ1) is 13.0. The summed E-state index contributed by atoms with van der Waals surface area (Å²) in [6, 6.07) is 0. The molecule has 16 heavy (non-hydrogen) atoms. The zero-order valence-corrected chi connectivity index (χ0v) is 10.8. The summed E-state index contributed by atoms with van der Waals surface area (Å²) in [6.07, 6.45) is 0. The molecule has 0 atom stereocenters. The van der Waals surface area contributed by atoms with Crippen molar-refractivity contribution in [2.24, 2.45) is 0 Å². The highest BCUT2D eigenvalue weighted by Crippen LogP contribution is 2.22. The molecule has 1 aromatic heterocycles. The molecule has 7 heteroatoms. The number of aromatic nitrogens is 2. The third-order valence-electron chi connectivity index (χ3n) is 1.81. The van der Waals surface area contributed by atoms with Crippen molar-refractivity contribution in [1.82, 2.24) is 9.97 Å². The van der Waals surface area contributed by atoms with E-state index < -0.39 is 0 Å². The lowest BCUT2D eigenvalue weighted by Gasteiger charge is -2.12. The Morgan fingerprint density at radius 2 is 2.19 bits per heavy atom. The molecule has 5 nitrogen and oxygen atoms in total. The molecule has 0 bridgehead atoms. The molecule has 0 saturated carbocycles. The Bertz CT molecular complexity index is 399. The summed E-state index contributed by atoms with van der Waals surface area (Å²) < 4.78 is 10.3. The maximum atomic E-state index is 5.55. The quantitative estimate of drug-likeness (QED) is 0.625. The Hall–Kier alpha value is -1.08. The number of nitrogen functional groups attached to an aromatic ring is 1. The second kappa shape index (κ2) is 5.86. The van der Waals surface area contributed by atoms with Crippen LogP contribution in [-0.4, -0.2) is 28.7 Å². The van der Waals surface area contributed by atoms with Gasteiger partial charge in [-0.05, 0) is 19.1 Å². The molecule has 0 fully saturated rings. The van der Waals surface area contributed by atoms with Crippen LogP contribution in [0, 0.1) is 0 Å². The van der Waals surface area contributed by atoms with Crippen molar-refractivity contribution in [2.75, 3.05) is 19.5 Å². The number of methoxy groups -OCH3 is 1. The maximum absolute atomic E-state index is 5.55. The number of thiocarbonyl (C=S) groups is 1. The standard InChI is InChI=1S/C9H13N3O2S2/c1-3-14-8(16)6-5(4-15)7(13-2)12-9(10)11-6/h15H,3-4H2,1-2H3,(H2,10,11,12). The number of nitrogens with zero attached hydrogens (tertiary/aromatic N) is 2. The predicted molar refractivity (Wildman–Crippen MR) is 69.0 cm³/mol. The number of nitrogens with two attached hydrogens (primary N) is 1. The molecule has 0 spiro atoms. The second-order valence-electron chi connectivity index (χ2n) is 2.80. The van der Waals surface area contributed by atoms with Gasteiger partial charge in [-0.25, -0.2) is 4.98 Å². The average molecular weight is 259 g/mol. The van der Waals surface area contributed by atoms with Crippen molar-refractivity contribution in [1.29, 1.82) is 0 Å². The fourth-order valence-corrected chi connectivity index (χ4v) is 1.73. The maximum Gasteiger partial charge on any atom is 0.224 e. The van der Waals surface area contributed by atoms with E-state index in [2.05, 4.69) is 22.6 Å². The Morgan fingerprint density at radius 1 is 1.50 bits per heavy atom. The van der Waals surface area contributed by atoms with Crippen LogP contribution < -0.4 is 10.5 Å². The van der Waals surface area contributed by atoms with Crippen molar-refractivity contribution in [3.05, 3.63) is 11.3 Å². The molecule has 0 aliphatic rings. The van der Waals surface area contributed by atoms with Crippen molar-refractivity contribution in [3.8, 4) is 5.88 Å². The Balaban J connectivity index is 3.24. The SMILES string of the molecule is CCOC(=S)c1nc(N)nc(OC)c1CS. The van der Waals surface area contributed by atoms with Crippen LogP contribution in [0.1, 0.15) is 18.2 Å². The van der Waals surface area contributed by atoms with E-state index in [-0.39, 0.29) is 11.0 Å². The van der Waals surface area contributed by atoms with Crippen LogP contribution >= 0.6 is 24.8 Å². The fraction of sp³-hybridized carbons (Fsp3) is 0.444. The van der Waals surface area contributed by atoms with Crippen LogP contribution in [0.5, 0.6) is 5.88 Å². The van der Waals surface area contributed by atoms with Crippen LogP contribution in [0.25, 0.3) is 0 Å². The van der Waals surface area contributed by atoms with Crippen LogP contribution in [0.15, 0.2) is 0 Å². The van der Waals surface area contributed by atoms with Gasteiger partial charge in [-0.1, -0.05) is 0 Å². The lowest BCUT2D eigenvalue weighted by molar-refractivity contribution is 0.335. The van der Waals surface area contributed by atoms with E-state index in [9.17, 15) is 0 Å². The first-order valence-electron chi connectivity index (χ1n) is 4.62. The van der Waals surface area contributed by atoms with Crippen LogP contribution in [0.2, 0.25) is 0 Å². The summed E-state index contributed by atoms with van der Waals surface area (Å²) in [5.41, 5.74) is 6.70. The lowest BCUT2D eigenvalue weighted by Crippen LogP contribution is -2.13. The molecule has 1 aromatic rings. The lowest BCUT2D eigenvalue weighted by atomic mass is 10.2. The predicted octanol–water partition coefficient (Wildman–Crippen LogP) is 1.21. The van der Waals surface area contributed by atoms with E-state index in [1.54, 1.807) is 0 Å². The highest BCUT2D eigenvalue weighted by molar-refractivity contribution is 7.80. The summed E-state index contributed by atoms with van der Waals surface area (Å²) >= 11 is 9.27. The topological polar surface area (TPSA) is 70.3 Å². The molecule has 1 rings (SSSR count). The number of hydrogen-bond acceptors (Lipinski definition) is 7. The van der Waals surface area contributed by atoms with Gasteiger partial charge in [0.25, 0.3) is 0 Å². The summed E-state index contributed by atoms with van der Waals surface area (Å²) in [6.45, 7) is 2.31. The Kier molecular flexibility index (Phi) is 4.75. The summed E-state index contributed by atoms with van der Waals surface area (Å²) in [5, 5.41) is 0.277. The highest BCUT2D eigenvalue weighted by atomic mass is 32.1. The van der Waals surface area contributed by atoms with Gasteiger partial charge >= 0.3 is 0 Å². The first-order valence-corrected chi connectivity index (χ1v) is 5.66. The van der Waals surface area contributed by atoms with Crippen molar-refractivity contribution in [3.63, 3.8) is 0 Å². The Labute approximate surface area is 105 Å². The number of rotatable bonds is 4. The van der Waals surface area contributed by atoms with E-state index in [1.807, 2.05) is 6.92 Å². The van der Waals surface area contributed by atoms with E-state index in [0.717, 1.165) is 0 Å². The fourth-order valence-electron chi connectivity index (χ4n) is 1.16. The minimum absolute atomic E-state index is 0.0967. The molecule has 1 heterocycles. The first-order chi connectivity index (χ1) is 7.63. The van der Waals surface area contributed by atoms with Crippen molar-refractivity contribution < 1.29 is 9.47 Å². The molecular formula is C9H13N3O2S2. The van der Waals surface area contributed by atoms with Gasteiger partial charge in [-0.3, -0.25) is 0 Å². The zero-order chi connectivity index (χ0) is 12.1. The van der Waals surface area contributed by atoms with E-state index in [4.69, 9.17) is 27.4 Å². The van der Waals surface area contributed by atoms with Gasteiger partial charge in [0.15, 0.2) is 0 Å². The van der Waals surface area contributed by atoms with Crippen molar-refractivity contribution in [2.45, 2.75) is 12.7 Å². The van der Waals surface area contributed by atoms with Gasteiger partial charge in [0.2, 0.25) is 16.9 Å². The van der Waals surface area contributed by atoms with Crippen LogP contribution in [-0.2, 0) is 10.5 Å². The summed E-state index contributed by atoms with van der Waals surface area (Å²) in [4.78, 5) is 7.99. The molecule has 0 radical (unpaired) electrons. The largest absolute Gasteiger partial charge is 0.482 e. The molecule has 0 unspecified atom stereocenters. The molecule has 0 saturated heterocycles. The molecule has 0 amide bonds. The smallest absolute Gasteiger partial charge is 0.224 e.